The van der Waals surface area contributed by atoms with Crippen molar-refractivity contribution in [3.8, 4) is 0 Å². The van der Waals surface area contributed by atoms with E-state index in [0.717, 1.165) is 42.8 Å². The maximum absolute atomic E-state index is 11.8. The molecule has 130 valence electrons. The van der Waals surface area contributed by atoms with E-state index in [9.17, 15) is 9.90 Å². The number of hydrogen-bond acceptors (Lipinski definition) is 5. The highest BCUT2D eigenvalue weighted by Crippen LogP contribution is 2.24. The lowest BCUT2D eigenvalue weighted by molar-refractivity contribution is -0.148. The number of nitrogens with one attached hydrogen (secondary N) is 1. The van der Waals surface area contributed by atoms with E-state index in [1.165, 1.54) is 0 Å². The number of aliphatic hydroxyl groups excluding tert-OH is 1. The Bertz CT molecular complexity index is 539. The van der Waals surface area contributed by atoms with E-state index in [1.54, 1.807) is 4.68 Å². The summed E-state index contributed by atoms with van der Waals surface area (Å²) in [4.78, 5) is 11.8. The molecule has 1 saturated carbocycles. The third-order valence-corrected chi connectivity index (χ3v) is 4.50. The fourth-order valence-corrected chi connectivity index (χ4v) is 3.20. The van der Waals surface area contributed by atoms with Crippen LogP contribution in [0.2, 0.25) is 0 Å². The molecule has 0 bridgehead atoms. The summed E-state index contributed by atoms with van der Waals surface area (Å²) in [5, 5.41) is 17.7. The summed E-state index contributed by atoms with van der Waals surface area (Å²) >= 11 is 0. The Hall–Kier alpha value is -1.40. The number of ether oxygens (including phenoxy) is 1. The van der Waals surface area contributed by atoms with Gasteiger partial charge in [-0.2, -0.15) is 5.10 Å². The van der Waals surface area contributed by atoms with E-state index >= 15 is 0 Å². The molecule has 6 nitrogen and oxygen atoms in total. The van der Waals surface area contributed by atoms with Gasteiger partial charge in [-0.05, 0) is 46.5 Å². The molecule has 0 saturated heterocycles. The first kappa shape index (κ1) is 17.9. The van der Waals surface area contributed by atoms with Crippen LogP contribution in [0, 0.1) is 19.8 Å². The van der Waals surface area contributed by atoms with Crippen molar-refractivity contribution in [2.75, 3.05) is 6.54 Å². The van der Waals surface area contributed by atoms with Gasteiger partial charge in [0, 0.05) is 24.3 Å². The molecule has 2 unspecified atom stereocenters. The van der Waals surface area contributed by atoms with Crippen molar-refractivity contribution in [1.29, 1.82) is 0 Å². The Kier molecular flexibility index (Phi) is 6.18. The number of carbonyl (C=O) groups excluding carboxylic acids is 1. The topological polar surface area (TPSA) is 76.4 Å². The summed E-state index contributed by atoms with van der Waals surface area (Å²) in [5.74, 6) is 0.0888. The fourth-order valence-electron chi connectivity index (χ4n) is 3.20. The molecule has 0 aliphatic heterocycles. The van der Waals surface area contributed by atoms with Crippen molar-refractivity contribution in [3.63, 3.8) is 0 Å². The van der Waals surface area contributed by atoms with Gasteiger partial charge in [0.2, 0.25) is 0 Å². The van der Waals surface area contributed by atoms with E-state index in [1.807, 2.05) is 27.7 Å². The molecule has 1 aliphatic rings. The van der Waals surface area contributed by atoms with Crippen molar-refractivity contribution in [2.24, 2.45) is 5.92 Å². The zero-order valence-electron chi connectivity index (χ0n) is 14.6. The van der Waals surface area contributed by atoms with Crippen LogP contribution in [0.3, 0.4) is 0 Å². The Balaban J connectivity index is 1.90. The molecular formula is C17H29N3O3. The molecule has 6 heteroatoms. The van der Waals surface area contributed by atoms with Crippen LogP contribution in [0.15, 0.2) is 0 Å². The van der Waals surface area contributed by atoms with Crippen LogP contribution in [0.25, 0.3) is 0 Å². The standard InChI is InChI=1S/C17H29N3O3/c1-11(2)23-17(22)10-20-13(4)15(12(3)19-20)9-18-8-14-6-5-7-16(14)21/h11,14,16,18,21H,5-10H2,1-4H3. The number of hydrogen-bond donors (Lipinski definition) is 2. The van der Waals surface area contributed by atoms with Gasteiger partial charge in [-0.1, -0.05) is 6.42 Å². The number of esters is 1. The Morgan fingerprint density at radius 3 is 2.78 bits per heavy atom. The van der Waals surface area contributed by atoms with Crippen LogP contribution in [-0.2, 0) is 22.6 Å². The average molecular weight is 323 g/mol. The highest BCUT2D eigenvalue weighted by Gasteiger charge is 2.24. The highest BCUT2D eigenvalue weighted by atomic mass is 16.5. The first-order chi connectivity index (χ1) is 10.9. The van der Waals surface area contributed by atoms with Crippen molar-refractivity contribution in [2.45, 2.75) is 72.3 Å². The van der Waals surface area contributed by atoms with Crippen LogP contribution in [0.1, 0.15) is 50.1 Å². The molecular weight excluding hydrogens is 294 g/mol. The van der Waals surface area contributed by atoms with E-state index in [4.69, 9.17) is 4.74 Å². The molecule has 1 aromatic rings. The predicted octanol–water partition coefficient (Wildman–Crippen LogP) is 1.70. The zero-order valence-corrected chi connectivity index (χ0v) is 14.6. The van der Waals surface area contributed by atoms with Gasteiger partial charge in [-0.15, -0.1) is 0 Å². The lowest BCUT2D eigenvalue weighted by Gasteiger charge is -2.15. The fraction of sp³-hybridized carbons (Fsp3) is 0.765. The zero-order chi connectivity index (χ0) is 17.0. The van der Waals surface area contributed by atoms with Gasteiger partial charge in [0.05, 0.1) is 17.9 Å². The molecule has 0 spiro atoms. The Labute approximate surface area is 138 Å². The van der Waals surface area contributed by atoms with Crippen molar-refractivity contribution >= 4 is 5.97 Å². The van der Waals surface area contributed by atoms with Crippen LogP contribution >= 0.6 is 0 Å². The molecule has 0 aromatic carbocycles. The van der Waals surface area contributed by atoms with Crippen molar-refractivity contribution in [1.82, 2.24) is 15.1 Å². The van der Waals surface area contributed by atoms with Crippen molar-refractivity contribution in [3.05, 3.63) is 17.0 Å². The molecule has 2 N–H and O–H groups in total. The number of nitrogens with zero attached hydrogens (tertiary/aromatic N) is 2. The summed E-state index contributed by atoms with van der Waals surface area (Å²) in [6, 6.07) is 0. The number of rotatable bonds is 7. The number of aryl methyl sites for hydroxylation is 1. The molecule has 1 aromatic heterocycles. The van der Waals surface area contributed by atoms with E-state index in [2.05, 4.69) is 10.4 Å². The van der Waals surface area contributed by atoms with Gasteiger partial charge < -0.3 is 15.2 Å². The molecule has 1 fully saturated rings. The Morgan fingerprint density at radius 1 is 1.43 bits per heavy atom. The van der Waals surface area contributed by atoms with Crippen molar-refractivity contribution < 1.29 is 14.6 Å². The first-order valence-corrected chi connectivity index (χ1v) is 8.49. The Morgan fingerprint density at radius 2 is 2.17 bits per heavy atom. The van der Waals surface area contributed by atoms with Gasteiger partial charge in [0.1, 0.15) is 6.54 Å². The normalized spacial score (nSPS) is 21.1. The first-order valence-electron chi connectivity index (χ1n) is 8.49. The summed E-state index contributed by atoms with van der Waals surface area (Å²) in [6.07, 6.45) is 2.84. The lowest BCUT2D eigenvalue weighted by Crippen LogP contribution is -2.27. The summed E-state index contributed by atoms with van der Waals surface area (Å²) in [5.41, 5.74) is 3.04. The molecule has 0 amide bonds. The minimum Gasteiger partial charge on any atom is -0.462 e. The van der Waals surface area contributed by atoms with Gasteiger partial charge in [-0.25, -0.2) is 0 Å². The molecule has 23 heavy (non-hydrogen) atoms. The summed E-state index contributed by atoms with van der Waals surface area (Å²) in [7, 11) is 0. The molecule has 2 atom stereocenters. The minimum atomic E-state index is -0.265. The monoisotopic (exact) mass is 323 g/mol. The summed E-state index contributed by atoms with van der Waals surface area (Å²) in [6.45, 7) is 9.29. The SMILES string of the molecule is Cc1nn(CC(=O)OC(C)C)c(C)c1CNCC1CCCC1O. The predicted molar refractivity (Wildman–Crippen MR) is 88.0 cm³/mol. The highest BCUT2D eigenvalue weighted by molar-refractivity contribution is 5.69. The average Bonchev–Trinajstić information content (AvgIpc) is 2.96. The molecule has 2 rings (SSSR count). The maximum Gasteiger partial charge on any atom is 0.328 e. The lowest BCUT2D eigenvalue weighted by atomic mass is 10.1. The van der Waals surface area contributed by atoms with Gasteiger partial charge >= 0.3 is 5.97 Å². The minimum absolute atomic E-state index is 0.113. The van der Waals surface area contributed by atoms with Crippen LogP contribution in [-0.4, -0.2) is 39.6 Å². The van der Waals surface area contributed by atoms with Crippen LogP contribution in [0.4, 0.5) is 0 Å². The van der Waals surface area contributed by atoms with E-state index < -0.39 is 0 Å². The second kappa shape index (κ2) is 7.93. The van der Waals surface area contributed by atoms with E-state index in [-0.39, 0.29) is 24.7 Å². The van der Waals surface area contributed by atoms with Gasteiger partial charge in [0.15, 0.2) is 0 Å². The maximum atomic E-state index is 11.8. The number of aromatic nitrogens is 2. The second-order valence-corrected chi connectivity index (χ2v) is 6.73. The number of aliphatic hydroxyl groups is 1. The molecule has 1 aliphatic carbocycles. The third kappa shape index (κ3) is 4.78. The van der Waals surface area contributed by atoms with E-state index in [0.29, 0.717) is 12.5 Å². The van der Waals surface area contributed by atoms with Gasteiger partial charge in [-0.3, -0.25) is 9.48 Å². The summed E-state index contributed by atoms with van der Waals surface area (Å²) < 4.78 is 6.89. The van der Waals surface area contributed by atoms with Gasteiger partial charge in [0.25, 0.3) is 0 Å². The molecule has 0 radical (unpaired) electrons. The second-order valence-electron chi connectivity index (χ2n) is 6.73. The quantitative estimate of drug-likeness (QED) is 0.747. The number of carbonyl (C=O) groups is 1. The largest absolute Gasteiger partial charge is 0.462 e. The van der Waals surface area contributed by atoms with Crippen LogP contribution < -0.4 is 5.32 Å². The van der Waals surface area contributed by atoms with Crippen LogP contribution in [0.5, 0.6) is 0 Å². The molecule has 1 heterocycles. The third-order valence-electron chi connectivity index (χ3n) is 4.50. The smallest absolute Gasteiger partial charge is 0.328 e.